The molecule has 0 unspecified atom stereocenters. The van der Waals surface area contributed by atoms with Gasteiger partial charge in [0.1, 0.15) is 11.2 Å². The van der Waals surface area contributed by atoms with Gasteiger partial charge in [-0.25, -0.2) is 15.0 Å². The smallest absolute Gasteiger partial charge is 0.164 e. The SMILES string of the molecule is C1=CCCC(c2nc(-c3ccccc3)nc(-c3cc(N(c4ccccc4)c4ccc5sc6ccccc6c5c4)c4c(c3)oc3cc5ccccc5cc34)n2)=C1. The first kappa shape index (κ1) is 31.6. The van der Waals surface area contributed by atoms with Gasteiger partial charge in [-0.2, -0.15) is 0 Å². The van der Waals surface area contributed by atoms with Gasteiger partial charge in [0.25, 0.3) is 0 Å². The average Bonchev–Trinajstić information content (AvgIpc) is 3.81. The molecule has 1 aliphatic rings. The number of thiophene rings is 1. The van der Waals surface area contributed by atoms with E-state index in [1.807, 2.05) is 29.5 Å². The standard InChI is InChI=1S/C49H32N4OS/c1-4-14-31(15-5-1)47-50-48(32-16-6-2-7-17-32)52-49(51-47)35-27-41(46-40-26-33-18-10-11-19-34(33)28-42(40)54-43(46)29-35)53(36-20-8-3-9-21-36)37-24-25-45-39(30-37)38-22-12-13-23-44(38)55-45/h1-6,8-16,18-30H,7,17H2. The van der Waals surface area contributed by atoms with Gasteiger partial charge in [-0.05, 0) is 89.9 Å². The van der Waals surface area contributed by atoms with Gasteiger partial charge in [-0.15, -0.1) is 11.3 Å². The molecule has 0 N–H and O–H groups in total. The van der Waals surface area contributed by atoms with Crippen LogP contribution in [0.15, 0.2) is 174 Å². The highest BCUT2D eigenvalue weighted by Crippen LogP contribution is 2.47. The van der Waals surface area contributed by atoms with Crippen LogP contribution in [-0.4, -0.2) is 15.0 Å². The van der Waals surface area contributed by atoms with Crippen LogP contribution in [0.3, 0.4) is 0 Å². The first-order valence-corrected chi connectivity index (χ1v) is 19.4. The van der Waals surface area contributed by atoms with Gasteiger partial charge in [-0.3, -0.25) is 0 Å². The highest BCUT2D eigenvalue weighted by atomic mass is 32.1. The minimum atomic E-state index is 0.598. The van der Waals surface area contributed by atoms with Crippen LogP contribution >= 0.6 is 11.3 Å². The monoisotopic (exact) mass is 724 g/mol. The van der Waals surface area contributed by atoms with E-state index in [2.05, 4.69) is 157 Å². The molecule has 0 saturated carbocycles. The van der Waals surface area contributed by atoms with E-state index in [9.17, 15) is 0 Å². The fraction of sp³-hybridized carbons (Fsp3) is 0.0408. The molecule has 11 rings (SSSR count). The van der Waals surface area contributed by atoms with Crippen LogP contribution in [0.5, 0.6) is 0 Å². The summed E-state index contributed by atoms with van der Waals surface area (Å²) in [5, 5.41) is 6.87. The van der Waals surface area contributed by atoms with Crippen LogP contribution in [0.2, 0.25) is 0 Å². The minimum absolute atomic E-state index is 0.598. The van der Waals surface area contributed by atoms with Crippen LogP contribution in [0.25, 0.3) is 81.2 Å². The lowest BCUT2D eigenvalue weighted by Crippen LogP contribution is -2.11. The number of fused-ring (bicyclic) bond motifs is 7. The molecule has 55 heavy (non-hydrogen) atoms. The molecule has 3 heterocycles. The Bertz CT molecular complexity index is 3160. The lowest BCUT2D eigenvalue weighted by molar-refractivity contribution is 0.669. The molecule has 0 bridgehead atoms. The second-order valence-corrected chi connectivity index (χ2v) is 15.0. The van der Waals surface area contributed by atoms with Crippen molar-refractivity contribution < 1.29 is 4.42 Å². The number of anilines is 3. The Morgan fingerprint density at radius 3 is 2.05 bits per heavy atom. The maximum atomic E-state index is 6.85. The average molecular weight is 725 g/mol. The van der Waals surface area contributed by atoms with Gasteiger partial charge in [0.05, 0.1) is 11.1 Å². The number of hydrogen-bond donors (Lipinski definition) is 0. The maximum absolute atomic E-state index is 6.85. The molecule has 7 aromatic carbocycles. The van der Waals surface area contributed by atoms with Crippen LogP contribution in [0.4, 0.5) is 17.1 Å². The third-order valence-electron chi connectivity index (χ3n) is 10.5. The quantitative estimate of drug-likeness (QED) is 0.171. The summed E-state index contributed by atoms with van der Waals surface area (Å²) in [4.78, 5) is 17.7. The van der Waals surface area contributed by atoms with E-state index in [4.69, 9.17) is 19.4 Å². The summed E-state index contributed by atoms with van der Waals surface area (Å²) >= 11 is 1.83. The number of aromatic nitrogens is 3. The summed E-state index contributed by atoms with van der Waals surface area (Å²) < 4.78 is 9.38. The molecule has 10 aromatic rings. The summed E-state index contributed by atoms with van der Waals surface area (Å²) in [5.74, 6) is 1.93. The third-order valence-corrected chi connectivity index (χ3v) is 11.7. The van der Waals surface area contributed by atoms with Crippen molar-refractivity contribution in [1.29, 1.82) is 0 Å². The van der Waals surface area contributed by atoms with E-state index < -0.39 is 0 Å². The van der Waals surface area contributed by atoms with E-state index in [-0.39, 0.29) is 0 Å². The Labute approximate surface area is 321 Å². The predicted molar refractivity (Wildman–Crippen MR) is 229 cm³/mol. The van der Waals surface area contributed by atoms with Gasteiger partial charge in [-0.1, -0.05) is 109 Å². The van der Waals surface area contributed by atoms with E-state index in [1.54, 1.807) is 0 Å². The summed E-state index contributed by atoms with van der Waals surface area (Å²) in [6, 6.07) is 53.5. The summed E-state index contributed by atoms with van der Waals surface area (Å²) in [5.41, 5.74) is 7.56. The second kappa shape index (κ2) is 12.9. The highest BCUT2D eigenvalue weighted by Gasteiger charge is 2.24. The van der Waals surface area contributed by atoms with Gasteiger partial charge < -0.3 is 9.32 Å². The van der Waals surface area contributed by atoms with Crippen LogP contribution in [-0.2, 0) is 0 Å². The predicted octanol–water partition coefficient (Wildman–Crippen LogP) is 13.8. The van der Waals surface area contributed by atoms with E-state index in [0.29, 0.717) is 17.5 Å². The zero-order valence-corrected chi connectivity index (χ0v) is 30.5. The molecule has 0 atom stereocenters. The molecular formula is C49H32N4OS. The molecule has 260 valence electrons. The maximum Gasteiger partial charge on any atom is 0.164 e. The van der Waals surface area contributed by atoms with Gasteiger partial charge in [0.2, 0.25) is 0 Å². The molecule has 5 nitrogen and oxygen atoms in total. The Kier molecular flexibility index (Phi) is 7.42. The largest absolute Gasteiger partial charge is 0.456 e. The van der Waals surface area contributed by atoms with Crippen LogP contribution in [0.1, 0.15) is 18.7 Å². The summed E-state index contributed by atoms with van der Waals surface area (Å²) in [6.07, 6.45) is 8.23. The molecule has 0 aliphatic heterocycles. The van der Waals surface area contributed by atoms with Crippen molar-refractivity contribution in [2.24, 2.45) is 0 Å². The lowest BCUT2D eigenvalue weighted by Gasteiger charge is -2.27. The second-order valence-electron chi connectivity index (χ2n) is 13.9. The summed E-state index contributed by atoms with van der Waals surface area (Å²) in [7, 11) is 0. The normalized spacial score (nSPS) is 13.0. The van der Waals surface area contributed by atoms with E-state index in [1.165, 1.54) is 20.2 Å². The van der Waals surface area contributed by atoms with Crippen LogP contribution < -0.4 is 4.90 Å². The molecule has 0 fully saturated rings. The molecule has 0 radical (unpaired) electrons. The lowest BCUT2D eigenvalue weighted by atomic mass is 10.0. The Balaban J connectivity index is 1.22. The zero-order valence-electron chi connectivity index (χ0n) is 29.7. The van der Waals surface area contributed by atoms with Crippen molar-refractivity contribution in [3.8, 4) is 22.8 Å². The third kappa shape index (κ3) is 5.49. The van der Waals surface area contributed by atoms with Gasteiger partial charge in [0.15, 0.2) is 17.5 Å². The molecule has 0 saturated heterocycles. The molecule has 0 amide bonds. The molecule has 1 aliphatic carbocycles. The number of rotatable bonds is 6. The van der Waals surface area contributed by atoms with Crippen molar-refractivity contribution in [1.82, 2.24) is 15.0 Å². The topological polar surface area (TPSA) is 55.1 Å². The summed E-state index contributed by atoms with van der Waals surface area (Å²) in [6.45, 7) is 0. The van der Waals surface area contributed by atoms with Crippen LogP contribution in [0, 0.1) is 0 Å². The molecule has 3 aromatic heterocycles. The molecular weight excluding hydrogens is 693 g/mol. The highest BCUT2D eigenvalue weighted by molar-refractivity contribution is 7.25. The van der Waals surface area contributed by atoms with E-state index >= 15 is 0 Å². The number of allylic oxidation sites excluding steroid dienone is 4. The number of hydrogen-bond acceptors (Lipinski definition) is 6. The molecule has 0 spiro atoms. The Morgan fingerprint density at radius 2 is 1.24 bits per heavy atom. The van der Waals surface area contributed by atoms with Crippen molar-refractivity contribution in [3.63, 3.8) is 0 Å². The number of benzene rings is 7. The first-order chi connectivity index (χ1) is 27.2. The molecule has 6 heteroatoms. The number of nitrogens with zero attached hydrogens (tertiary/aromatic N) is 4. The van der Waals surface area contributed by atoms with Gasteiger partial charge in [0, 0.05) is 48.1 Å². The fourth-order valence-corrected chi connectivity index (χ4v) is 8.97. The number of para-hydroxylation sites is 1. The van der Waals surface area contributed by atoms with E-state index in [0.717, 1.165) is 79.3 Å². The zero-order chi connectivity index (χ0) is 36.3. The Morgan fingerprint density at radius 1 is 0.527 bits per heavy atom. The van der Waals surface area contributed by atoms with Crippen molar-refractivity contribution >= 4 is 86.9 Å². The number of furan rings is 1. The van der Waals surface area contributed by atoms with Crippen molar-refractivity contribution in [2.45, 2.75) is 12.8 Å². The minimum Gasteiger partial charge on any atom is -0.456 e. The van der Waals surface area contributed by atoms with Crippen molar-refractivity contribution in [3.05, 3.63) is 176 Å². The fourth-order valence-electron chi connectivity index (χ4n) is 7.89. The Hall–Kier alpha value is -6.89. The van der Waals surface area contributed by atoms with Crippen molar-refractivity contribution in [2.75, 3.05) is 4.90 Å². The first-order valence-electron chi connectivity index (χ1n) is 18.6. The van der Waals surface area contributed by atoms with Gasteiger partial charge >= 0.3 is 0 Å².